The Morgan fingerprint density at radius 3 is 2.68 bits per heavy atom. The Kier molecular flexibility index (Phi) is 4.56. The summed E-state index contributed by atoms with van der Waals surface area (Å²) in [6, 6.07) is 0. The number of aliphatic hydroxyl groups is 3. The summed E-state index contributed by atoms with van der Waals surface area (Å²) in [6.07, 6.45) is -2.08. The number of aliphatic hydroxyl groups excluding tert-OH is 3. The predicted molar refractivity (Wildman–Crippen MR) is 72.6 cm³/mol. The Hall–Kier alpha value is -2.27. The quantitative estimate of drug-likeness (QED) is 0.378. The predicted octanol–water partition coefficient (Wildman–Crippen LogP) is -2.47. The number of aromatic nitrogens is 2. The largest absolute Gasteiger partial charge is 0.478 e. The first-order valence-electron chi connectivity index (χ1n) is 6.27. The van der Waals surface area contributed by atoms with Gasteiger partial charge in [-0.1, -0.05) is 0 Å². The van der Waals surface area contributed by atoms with Gasteiger partial charge < -0.3 is 30.9 Å². The Labute approximate surface area is 123 Å². The fraction of sp³-hybridized carbons (Fsp3) is 0.417. The van der Waals surface area contributed by atoms with E-state index < -0.39 is 42.8 Å². The zero-order valence-electron chi connectivity index (χ0n) is 11.2. The molecule has 4 atom stereocenters. The maximum atomic E-state index is 11.9. The molecule has 120 valence electrons. The number of carboxylic acid groups (broad SMARTS) is 1. The molecule has 0 aliphatic carbocycles. The van der Waals surface area contributed by atoms with Crippen molar-refractivity contribution < 1.29 is 30.0 Å². The number of hydrogen-bond donors (Lipinski definition) is 5. The second kappa shape index (κ2) is 6.23. The van der Waals surface area contributed by atoms with E-state index in [0.29, 0.717) is 0 Å². The van der Waals surface area contributed by atoms with Crippen molar-refractivity contribution in [1.82, 2.24) is 9.55 Å². The summed E-state index contributed by atoms with van der Waals surface area (Å²) in [5.41, 5.74) is 4.81. The zero-order valence-corrected chi connectivity index (χ0v) is 11.2. The first-order valence-corrected chi connectivity index (χ1v) is 6.27. The molecule has 0 saturated carbocycles. The number of anilines is 1. The molecule has 0 radical (unpaired) electrons. The van der Waals surface area contributed by atoms with Gasteiger partial charge in [-0.05, 0) is 6.08 Å². The average molecular weight is 313 g/mol. The number of carboxylic acids is 1. The molecule has 22 heavy (non-hydrogen) atoms. The van der Waals surface area contributed by atoms with Crippen LogP contribution in [0, 0.1) is 0 Å². The molecule has 1 aromatic rings. The minimum Gasteiger partial charge on any atom is -0.478 e. The molecule has 0 amide bonds. The lowest BCUT2D eigenvalue weighted by Crippen LogP contribution is -2.36. The van der Waals surface area contributed by atoms with E-state index in [-0.39, 0.29) is 11.4 Å². The van der Waals surface area contributed by atoms with Crippen molar-refractivity contribution in [2.24, 2.45) is 0 Å². The highest BCUT2D eigenvalue weighted by Gasteiger charge is 2.43. The lowest BCUT2D eigenvalue weighted by atomic mass is 10.1. The number of aliphatic carboxylic acids is 1. The molecular weight excluding hydrogens is 298 g/mol. The molecule has 1 aliphatic heterocycles. The number of nitrogens with two attached hydrogens (primary N) is 1. The Morgan fingerprint density at radius 2 is 2.14 bits per heavy atom. The molecular formula is C12H15N3O7. The molecule has 1 aliphatic rings. The lowest BCUT2D eigenvalue weighted by molar-refractivity contribution is -0.131. The van der Waals surface area contributed by atoms with E-state index in [1.54, 1.807) is 0 Å². The Morgan fingerprint density at radius 1 is 1.45 bits per heavy atom. The molecule has 10 nitrogen and oxygen atoms in total. The number of nitrogen functional groups attached to an aromatic ring is 1. The van der Waals surface area contributed by atoms with Crippen molar-refractivity contribution in [2.45, 2.75) is 24.5 Å². The summed E-state index contributed by atoms with van der Waals surface area (Å²) in [7, 11) is 0. The highest BCUT2D eigenvalue weighted by molar-refractivity contribution is 5.86. The number of hydrogen-bond acceptors (Lipinski definition) is 8. The van der Waals surface area contributed by atoms with Crippen LogP contribution in [0.1, 0.15) is 11.8 Å². The topological polar surface area (TPSA) is 168 Å². The summed E-state index contributed by atoms with van der Waals surface area (Å²) in [5.74, 6) is -1.41. The molecule has 0 aromatic carbocycles. The van der Waals surface area contributed by atoms with Crippen LogP contribution in [0.5, 0.6) is 0 Å². The second-order valence-electron chi connectivity index (χ2n) is 4.67. The minimum absolute atomic E-state index is 0.125. The normalized spacial score (nSPS) is 28.3. The number of carbonyl (C=O) groups is 1. The van der Waals surface area contributed by atoms with Crippen molar-refractivity contribution in [2.75, 3.05) is 12.3 Å². The Balaban J connectivity index is 2.41. The molecule has 2 rings (SSSR count). The van der Waals surface area contributed by atoms with E-state index in [2.05, 4.69) is 4.98 Å². The van der Waals surface area contributed by atoms with Crippen molar-refractivity contribution in [3.63, 3.8) is 0 Å². The first-order chi connectivity index (χ1) is 10.3. The summed E-state index contributed by atoms with van der Waals surface area (Å²) >= 11 is 0. The minimum atomic E-state index is -1.46. The van der Waals surface area contributed by atoms with Crippen molar-refractivity contribution >= 4 is 17.9 Å². The standard InChI is InChI=1S/C12H15N3O7/c13-10-5(1-2-7(17)18)3-15(12(21)14-10)11-9(20)8(19)6(4-16)22-11/h1-3,6,8-9,11,16,19-20H,4H2,(H,17,18)(H2,13,14,21)/t6-,8-,9-,11-/m1/s1. The highest BCUT2D eigenvalue weighted by atomic mass is 16.6. The van der Waals surface area contributed by atoms with Crippen LogP contribution < -0.4 is 11.4 Å². The van der Waals surface area contributed by atoms with E-state index in [0.717, 1.165) is 22.9 Å². The van der Waals surface area contributed by atoms with Gasteiger partial charge in [0.25, 0.3) is 0 Å². The van der Waals surface area contributed by atoms with Gasteiger partial charge in [0, 0.05) is 17.8 Å². The third-order valence-electron chi connectivity index (χ3n) is 3.21. The van der Waals surface area contributed by atoms with Gasteiger partial charge in [0.1, 0.15) is 24.1 Å². The van der Waals surface area contributed by atoms with E-state index in [1.807, 2.05) is 0 Å². The zero-order chi connectivity index (χ0) is 16.4. The van der Waals surface area contributed by atoms with Gasteiger partial charge in [-0.2, -0.15) is 4.98 Å². The fourth-order valence-electron chi connectivity index (χ4n) is 2.08. The maximum Gasteiger partial charge on any atom is 0.351 e. The molecule has 10 heteroatoms. The molecule has 0 spiro atoms. The van der Waals surface area contributed by atoms with Gasteiger partial charge in [0.15, 0.2) is 6.23 Å². The van der Waals surface area contributed by atoms with E-state index >= 15 is 0 Å². The average Bonchev–Trinajstić information content (AvgIpc) is 2.74. The van der Waals surface area contributed by atoms with Crippen LogP contribution in [0.2, 0.25) is 0 Å². The van der Waals surface area contributed by atoms with Gasteiger partial charge in [-0.15, -0.1) is 0 Å². The summed E-state index contributed by atoms with van der Waals surface area (Å²) in [5, 5.41) is 37.2. The molecule has 0 bridgehead atoms. The van der Waals surface area contributed by atoms with Gasteiger partial charge >= 0.3 is 11.7 Å². The molecule has 1 fully saturated rings. The van der Waals surface area contributed by atoms with Crippen molar-refractivity contribution in [3.05, 3.63) is 28.3 Å². The van der Waals surface area contributed by atoms with Crippen LogP contribution in [-0.2, 0) is 9.53 Å². The van der Waals surface area contributed by atoms with E-state index in [1.165, 1.54) is 0 Å². The second-order valence-corrected chi connectivity index (χ2v) is 4.67. The number of rotatable bonds is 4. The maximum absolute atomic E-state index is 11.9. The fourth-order valence-corrected chi connectivity index (χ4v) is 2.08. The van der Waals surface area contributed by atoms with E-state index in [4.69, 9.17) is 20.7 Å². The molecule has 1 aromatic heterocycles. The third kappa shape index (κ3) is 2.99. The SMILES string of the molecule is Nc1nc(=O)n([C@@H]2O[C@H](CO)[C@@H](O)[C@H]2O)cc1C=CC(=O)O. The summed E-state index contributed by atoms with van der Waals surface area (Å²) < 4.78 is 6.09. The first kappa shape index (κ1) is 16.1. The summed E-state index contributed by atoms with van der Waals surface area (Å²) in [6.45, 7) is -0.544. The van der Waals surface area contributed by atoms with Crippen molar-refractivity contribution in [3.8, 4) is 0 Å². The van der Waals surface area contributed by atoms with E-state index in [9.17, 15) is 19.8 Å². The van der Waals surface area contributed by atoms with Gasteiger partial charge in [-0.3, -0.25) is 4.57 Å². The highest BCUT2D eigenvalue weighted by Crippen LogP contribution is 2.28. The van der Waals surface area contributed by atoms with Crippen LogP contribution in [0.25, 0.3) is 6.08 Å². The van der Waals surface area contributed by atoms with Gasteiger partial charge in [-0.25, -0.2) is 9.59 Å². The molecule has 0 unspecified atom stereocenters. The smallest absolute Gasteiger partial charge is 0.351 e. The third-order valence-corrected chi connectivity index (χ3v) is 3.21. The molecule has 2 heterocycles. The molecule has 1 saturated heterocycles. The summed E-state index contributed by atoms with van der Waals surface area (Å²) in [4.78, 5) is 25.9. The van der Waals surface area contributed by atoms with Gasteiger partial charge in [0.2, 0.25) is 0 Å². The number of nitrogens with zero attached hydrogens (tertiary/aromatic N) is 2. The van der Waals surface area contributed by atoms with Crippen LogP contribution in [0.3, 0.4) is 0 Å². The van der Waals surface area contributed by atoms with Crippen LogP contribution in [0.15, 0.2) is 17.1 Å². The van der Waals surface area contributed by atoms with Crippen LogP contribution in [-0.4, -0.2) is 60.9 Å². The van der Waals surface area contributed by atoms with Crippen LogP contribution >= 0.6 is 0 Å². The number of ether oxygens (including phenoxy) is 1. The van der Waals surface area contributed by atoms with Crippen LogP contribution in [0.4, 0.5) is 5.82 Å². The van der Waals surface area contributed by atoms with Crippen molar-refractivity contribution in [1.29, 1.82) is 0 Å². The lowest BCUT2D eigenvalue weighted by Gasteiger charge is -2.18. The molecule has 6 N–H and O–H groups in total. The Bertz CT molecular complexity index is 657. The van der Waals surface area contributed by atoms with Gasteiger partial charge in [0.05, 0.1) is 6.61 Å². The monoisotopic (exact) mass is 313 g/mol.